The molecule has 0 saturated carbocycles. The van der Waals surface area contributed by atoms with Crippen molar-refractivity contribution in [2.24, 2.45) is 23.0 Å². The van der Waals surface area contributed by atoms with Crippen molar-refractivity contribution >= 4 is 27.6 Å². The highest BCUT2D eigenvalue weighted by Gasteiger charge is 2.36. The van der Waals surface area contributed by atoms with Crippen molar-refractivity contribution in [3.63, 3.8) is 0 Å². The molecule has 0 aliphatic heterocycles. The summed E-state index contributed by atoms with van der Waals surface area (Å²) in [6.45, 7) is 7.12. The molecule has 2 N–H and O–H groups in total. The maximum atomic E-state index is 6.79. The van der Waals surface area contributed by atoms with E-state index in [0.717, 1.165) is 49.8 Å². The van der Waals surface area contributed by atoms with Crippen LogP contribution in [0.4, 0.5) is 0 Å². The molecule has 0 saturated heterocycles. The number of benzene rings is 4. The molecule has 0 bridgehead atoms. The van der Waals surface area contributed by atoms with Crippen LogP contribution in [0.5, 0.6) is 0 Å². The van der Waals surface area contributed by atoms with Crippen molar-refractivity contribution in [2.75, 3.05) is 0 Å². The van der Waals surface area contributed by atoms with Gasteiger partial charge in [0.25, 0.3) is 0 Å². The first-order chi connectivity index (χ1) is 27.9. The summed E-state index contributed by atoms with van der Waals surface area (Å²) in [4.78, 5) is 2.51. The molecule has 4 aromatic carbocycles. The van der Waals surface area contributed by atoms with Crippen molar-refractivity contribution < 1.29 is 0 Å². The Morgan fingerprint density at radius 2 is 1.56 bits per heavy atom. The first-order valence-electron chi connectivity index (χ1n) is 21.5. The molecule has 6 aliphatic rings. The van der Waals surface area contributed by atoms with Crippen molar-refractivity contribution in [1.29, 1.82) is 0 Å². The molecule has 2 heteroatoms. The fourth-order valence-corrected chi connectivity index (χ4v) is 10.7. The molecule has 6 unspecified atom stereocenters. The van der Waals surface area contributed by atoms with E-state index in [1.54, 1.807) is 0 Å². The molecule has 10 rings (SSSR count). The molecule has 57 heavy (non-hydrogen) atoms. The second-order valence-corrected chi connectivity index (χ2v) is 17.4. The lowest BCUT2D eigenvalue weighted by molar-refractivity contribution is 0.233. The predicted molar refractivity (Wildman–Crippen MR) is 241 cm³/mol. The summed E-state index contributed by atoms with van der Waals surface area (Å²) in [7, 11) is 0. The lowest BCUT2D eigenvalue weighted by Crippen LogP contribution is -2.50. The molecular formula is C55H54N2. The van der Waals surface area contributed by atoms with E-state index in [9.17, 15) is 0 Å². The molecule has 6 atom stereocenters. The van der Waals surface area contributed by atoms with Gasteiger partial charge in [0.05, 0.1) is 6.04 Å². The Hall–Kier alpha value is -5.44. The van der Waals surface area contributed by atoms with Crippen LogP contribution in [0.25, 0.3) is 38.7 Å². The van der Waals surface area contributed by atoms with Crippen LogP contribution in [0.3, 0.4) is 0 Å². The standard InChI is InChI=1S/C55H54N2/c1-37(57(46-17-4-3-5-18-46)52-22-11-10-21-51(52)56)38-23-25-40(26-24-38)42-29-30-49-50(36-42)54(43-28-27-39-14-6-7-15-41(39)34-43)48-20-9-8-19-47(48)53(49)44-31-33-55(2)32-13-12-16-45(55)35-44/h4,6-9,11,13-15,17,19,22-36,45-46,48,51-52H,1,3,5,10,12,16,18,20-21,56H2,2H3. The van der Waals surface area contributed by atoms with E-state index in [4.69, 9.17) is 12.3 Å². The second-order valence-electron chi connectivity index (χ2n) is 17.4. The van der Waals surface area contributed by atoms with Gasteiger partial charge in [-0.3, -0.25) is 0 Å². The van der Waals surface area contributed by atoms with Gasteiger partial charge in [-0.15, -0.1) is 0 Å². The second kappa shape index (κ2) is 14.8. The predicted octanol–water partition coefficient (Wildman–Crippen LogP) is 11.3. The molecule has 0 fully saturated rings. The normalized spacial score (nSPS) is 27.4. The van der Waals surface area contributed by atoms with Gasteiger partial charge in [-0.1, -0.05) is 159 Å². The average Bonchev–Trinajstić information content (AvgIpc) is 3.26. The average molecular weight is 743 g/mol. The maximum absolute atomic E-state index is 6.79. The zero-order valence-corrected chi connectivity index (χ0v) is 33.3. The molecule has 0 spiro atoms. The monoisotopic (exact) mass is 742 g/mol. The van der Waals surface area contributed by atoms with Crippen LogP contribution >= 0.6 is 0 Å². The number of nitrogens with two attached hydrogens (primary N) is 1. The minimum atomic E-state index is 0.0903. The van der Waals surface area contributed by atoms with E-state index < -0.39 is 0 Å². The van der Waals surface area contributed by atoms with E-state index in [2.05, 4.69) is 170 Å². The number of nitrogens with zero attached hydrogens (tertiary/aromatic N) is 1. The quantitative estimate of drug-likeness (QED) is 0.191. The van der Waals surface area contributed by atoms with Gasteiger partial charge in [0.1, 0.15) is 0 Å². The Balaban J connectivity index is 1.11. The van der Waals surface area contributed by atoms with Gasteiger partial charge in [-0.25, -0.2) is 0 Å². The Kier molecular flexibility index (Phi) is 9.34. The third-order valence-corrected chi connectivity index (χ3v) is 13.9. The minimum absolute atomic E-state index is 0.0903. The number of allylic oxidation sites excluding steroid dienone is 12. The first kappa shape index (κ1) is 35.9. The van der Waals surface area contributed by atoms with E-state index in [-0.39, 0.29) is 23.4 Å². The zero-order chi connectivity index (χ0) is 38.5. The molecule has 0 heterocycles. The SMILES string of the molecule is C=C(c1ccc(-c2ccc3c(c2)=C(c2ccc4ccccc4c2)C2CC=CC=C2C=3C2=CC3CCC=CC3(C)C=C2)cc1)N(C1C=CCCC1)C1C=CCCC1N. The van der Waals surface area contributed by atoms with E-state index in [0.29, 0.717) is 12.0 Å². The topological polar surface area (TPSA) is 29.3 Å². The summed E-state index contributed by atoms with van der Waals surface area (Å²) >= 11 is 0. The van der Waals surface area contributed by atoms with Crippen molar-refractivity contribution in [2.45, 2.75) is 76.4 Å². The Labute approximate surface area is 338 Å². The number of hydrogen-bond acceptors (Lipinski definition) is 2. The first-order valence-corrected chi connectivity index (χ1v) is 21.5. The Morgan fingerprint density at radius 1 is 0.754 bits per heavy atom. The summed E-state index contributed by atoms with van der Waals surface area (Å²) < 4.78 is 0. The summed E-state index contributed by atoms with van der Waals surface area (Å²) in [6, 6.07) is 32.8. The third kappa shape index (κ3) is 6.49. The van der Waals surface area contributed by atoms with E-state index in [1.807, 2.05) is 0 Å². The number of rotatable bonds is 7. The van der Waals surface area contributed by atoms with Gasteiger partial charge in [0, 0.05) is 29.1 Å². The Morgan fingerprint density at radius 3 is 2.40 bits per heavy atom. The van der Waals surface area contributed by atoms with Crippen LogP contribution in [0, 0.1) is 17.3 Å². The van der Waals surface area contributed by atoms with Crippen molar-refractivity contribution in [3.05, 3.63) is 197 Å². The highest BCUT2D eigenvalue weighted by atomic mass is 15.2. The third-order valence-electron chi connectivity index (χ3n) is 13.9. The van der Waals surface area contributed by atoms with Crippen molar-refractivity contribution in [3.8, 4) is 11.1 Å². The molecular weight excluding hydrogens is 689 g/mol. The summed E-state index contributed by atoms with van der Waals surface area (Å²) in [5.41, 5.74) is 18.5. The zero-order valence-electron chi connectivity index (χ0n) is 33.3. The number of hydrogen-bond donors (Lipinski definition) is 1. The lowest BCUT2D eigenvalue weighted by atomic mass is 9.66. The fourth-order valence-electron chi connectivity index (χ4n) is 10.7. The van der Waals surface area contributed by atoms with Gasteiger partial charge >= 0.3 is 0 Å². The molecule has 0 aromatic heterocycles. The van der Waals surface area contributed by atoms with Crippen LogP contribution in [-0.2, 0) is 0 Å². The minimum Gasteiger partial charge on any atom is -0.357 e. The van der Waals surface area contributed by atoms with Gasteiger partial charge < -0.3 is 10.6 Å². The molecule has 2 nitrogen and oxygen atoms in total. The van der Waals surface area contributed by atoms with Crippen LogP contribution in [0.2, 0.25) is 0 Å². The van der Waals surface area contributed by atoms with Gasteiger partial charge in [0.15, 0.2) is 0 Å². The van der Waals surface area contributed by atoms with Crippen LogP contribution in [0.1, 0.15) is 69.4 Å². The highest BCUT2D eigenvalue weighted by Crippen LogP contribution is 2.47. The van der Waals surface area contributed by atoms with Crippen LogP contribution in [-0.4, -0.2) is 23.0 Å². The molecule has 0 radical (unpaired) electrons. The summed E-state index contributed by atoms with van der Waals surface area (Å²) in [5.74, 6) is 0.776. The molecule has 4 aromatic rings. The fraction of sp³-hybridized carbons (Fsp3) is 0.273. The van der Waals surface area contributed by atoms with Gasteiger partial charge in [-0.2, -0.15) is 0 Å². The molecule has 284 valence electrons. The summed E-state index contributed by atoms with van der Waals surface area (Å²) in [5, 5.41) is 5.25. The molecule has 6 aliphatic carbocycles. The Bertz CT molecular complexity index is 2600. The van der Waals surface area contributed by atoms with Gasteiger partial charge in [-0.05, 0) is 135 Å². The highest BCUT2D eigenvalue weighted by molar-refractivity contribution is 5.93. The lowest BCUT2D eigenvalue weighted by Gasteiger charge is -2.43. The van der Waals surface area contributed by atoms with E-state index >= 15 is 0 Å². The van der Waals surface area contributed by atoms with Crippen molar-refractivity contribution in [1.82, 2.24) is 4.90 Å². The van der Waals surface area contributed by atoms with Gasteiger partial charge in [0.2, 0.25) is 0 Å². The van der Waals surface area contributed by atoms with Crippen LogP contribution < -0.4 is 16.2 Å². The maximum Gasteiger partial charge on any atom is 0.0630 e. The number of fused-ring (bicyclic) bond motifs is 4. The summed E-state index contributed by atoms with van der Waals surface area (Å²) in [6.07, 6.45) is 37.6. The largest absolute Gasteiger partial charge is 0.357 e. The van der Waals surface area contributed by atoms with E-state index in [1.165, 1.54) is 73.0 Å². The smallest absolute Gasteiger partial charge is 0.0630 e. The molecule has 0 amide bonds. The van der Waals surface area contributed by atoms with Crippen LogP contribution in [0.15, 0.2) is 176 Å².